The van der Waals surface area contributed by atoms with Crippen molar-refractivity contribution in [1.82, 2.24) is 30.4 Å². The fourth-order valence-electron chi connectivity index (χ4n) is 9.12. The number of benzene rings is 2. The lowest BCUT2D eigenvalue weighted by molar-refractivity contribution is -0.137. The number of imidazole rings is 1. The molecule has 0 aliphatic carbocycles. The summed E-state index contributed by atoms with van der Waals surface area (Å²) in [6, 6.07) is 5.71. The van der Waals surface area contributed by atoms with Gasteiger partial charge < -0.3 is 44.0 Å². The number of hydrogen-bond donors (Lipinski definition) is 3. The molecular formula is C44H50FN7O9. The summed E-state index contributed by atoms with van der Waals surface area (Å²) in [7, 11) is 2.52. The number of carbonyl (C=O) groups excluding carboxylic acids is 4. The van der Waals surface area contributed by atoms with Gasteiger partial charge >= 0.3 is 12.2 Å². The molecular weight excluding hydrogens is 790 g/mol. The van der Waals surface area contributed by atoms with Crippen LogP contribution in [0.3, 0.4) is 0 Å². The number of halogens is 1. The van der Waals surface area contributed by atoms with Crippen LogP contribution in [-0.4, -0.2) is 108 Å². The number of likely N-dealkylation sites (tertiary alicyclic amines) is 2. The van der Waals surface area contributed by atoms with Crippen molar-refractivity contribution in [2.45, 2.75) is 83.0 Å². The summed E-state index contributed by atoms with van der Waals surface area (Å²) in [6.45, 7) is 5.74. The maximum absolute atomic E-state index is 16.0. The lowest BCUT2D eigenvalue weighted by Gasteiger charge is -2.34. The van der Waals surface area contributed by atoms with Crippen LogP contribution in [0.2, 0.25) is 0 Å². The summed E-state index contributed by atoms with van der Waals surface area (Å²) in [5.74, 6) is -0.708. The lowest BCUT2D eigenvalue weighted by atomic mass is 9.90. The average molecular weight is 840 g/mol. The summed E-state index contributed by atoms with van der Waals surface area (Å²) >= 11 is 0. The molecule has 0 spiro atoms. The van der Waals surface area contributed by atoms with Crippen LogP contribution in [0, 0.1) is 17.7 Å². The number of nitrogens with one attached hydrogen (secondary N) is 3. The van der Waals surface area contributed by atoms with Crippen molar-refractivity contribution >= 4 is 57.2 Å². The zero-order chi connectivity index (χ0) is 42.9. The largest absolute Gasteiger partial charge is 0.456 e. The van der Waals surface area contributed by atoms with Gasteiger partial charge in [-0.05, 0) is 86.3 Å². The first kappa shape index (κ1) is 41.6. The molecule has 0 bridgehead atoms. The van der Waals surface area contributed by atoms with Crippen LogP contribution in [0.5, 0.6) is 0 Å². The van der Waals surface area contributed by atoms with Crippen molar-refractivity contribution in [3.05, 3.63) is 70.2 Å². The Hall–Kier alpha value is -6.10. The summed E-state index contributed by atoms with van der Waals surface area (Å²) in [5.41, 5.74) is 2.98. The molecule has 4 amide bonds. The molecule has 3 saturated heterocycles. The average Bonchev–Trinajstić information content (AvgIpc) is 4.12. The number of rotatable bonds is 10. The summed E-state index contributed by atoms with van der Waals surface area (Å²) in [6.07, 6.45) is 6.37. The number of ether oxygens (including phenoxy) is 3. The van der Waals surface area contributed by atoms with E-state index in [9.17, 15) is 24.0 Å². The van der Waals surface area contributed by atoms with E-state index < -0.39 is 35.5 Å². The summed E-state index contributed by atoms with van der Waals surface area (Å²) in [5, 5.41) is 5.77. The molecule has 8 rings (SSSR count). The maximum Gasteiger partial charge on any atom is 0.407 e. The number of methoxy groups -OCH3 is 2. The molecule has 4 aliphatic heterocycles. The Kier molecular flexibility index (Phi) is 11.9. The number of amides is 4. The number of H-pyrrole nitrogens is 1. The van der Waals surface area contributed by atoms with E-state index in [1.54, 1.807) is 40.4 Å². The highest BCUT2D eigenvalue weighted by Gasteiger charge is 2.41. The van der Waals surface area contributed by atoms with Crippen molar-refractivity contribution < 1.29 is 42.2 Å². The number of hydrogen-bond acceptors (Lipinski definition) is 11. The molecule has 4 aromatic rings. The van der Waals surface area contributed by atoms with Crippen LogP contribution < -0.4 is 16.1 Å². The zero-order valence-corrected chi connectivity index (χ0v) is 34.6. The van der Waals surface area contributed by atoms with Gasteiger partial charge in [0.05, 0.1) is 49.0 Å². The van der Waals surface area contributed by atoms with Crippen molar-refractivity contribution in [3.8, 4) is 11.3 Å². The first-order chi connectivity index (χ1) is 29.4. The van der Waals surface area contributed by atoms with Gasteiger partial charge in [-0.2, -0.15) is 0 Å². The van der Waals surface area contributed by atoms with Gasteiger partial charge in [-0.25, -0.2) is 19.0 Å². The molecule has 16 nitrogen and oxygen atoms in total. The second kappa shape index (κ2) is 17.5. The molecule has 6 heterocycles. The SMILES string of the molecule is COC(=O)N[C@H](C(=O)N1CCC[C@H]1C1=NC=C(c2cc3oc4ccc(-c5cnc([C@@H]6CCCN6C(=O)[C@@H](NC(=O)OC)C6CCOCC6)[nH]5)cc4c(=O)c3cc2F)C1)C(C)C. The van der Waals surface area contributed by atoms with Gasteiger partial charge in [-0.1, -0.05) is 13.8 Å². The number of allylic oxidation sites excluding steroid dienone is 1. The van der Waals surface area contributed by atoms with Crippen LogP contribution in [0.4, 0.5) is 14.0 Å². The molecule has 4 aliphatic rings. The van der Waals surface area contributed by atoms with Gasteiger partial charge in [-0.15, -0.1) is 0 Å². The van der Waals surface area contributed by atoms with Crippen LogP contribution in [0.15, 0.2) is 56.9 Å². The van der Waals surface area contributed by atoms with Gasteiger partial charge in [0, 0.05) is 55.8 Å². The third kappa shape index (κ3) is 8.22. The Balaban J connectivity index is 0.995. The monoisotopic (exact) mass is 839 g/mol. The number of fused-ring (bicyclic) bond motifs is 2. The molecule has 322 valence electrons. The molecule has 4 atom stereocenters. The van der Waals surface area contributed by atoms with Crippen LogP contribution in [-0.2, 0) is 23.8 Å². The second-order valence-corrected chi connectivity index (χ2v) is 16.4. The highest BCUT2D eigenvalue weighted by molar-refractivity contribution is 6.04. The van der Waals surface area contributed by atoms with E-state index in [4.69, 9.17) is 18.6 Å². The normalized spacial score (nSPS) is 20.5. The van der Waals surface area contributed by atoms with E-state index in [1.807, 2.05) is 13.8 Å². The summed E-state index contributed by atoms with van der Waals surface area (Å²) < 4.78 is 37.3. The molecule has 3 N–H and O–H groups in total. The van der Waals surface area contributed by atoms with Crippen LogP contribution in [0.25, 0.3) is 38.8 Å². The fourth-order valence-corrected chi connectivity index (χ4v) is 9.12. The Morgan fingerprint density at radius 3 is 2.30 bits per heavy atom. The van der Waals surface area contributed by atoms with E-state index in [1.165, 1.54) is 26.4 Å². The quantitative estimate of drug-likeness (QED) is 0.163. The molecule has 2 aromatic heterocycles. The Morgan fingerprint density at radius 2 is 1.57 bits per heavy atom. The van der Waals surface area contributed by atoms with E-state index in [0.717, 1.165) is 18.6 Å². The van der Waals surface area contributed by atoms with E-state index in [2.05, 4.69) is 25.6 Å². The Morgan fingerprint density at radius 1 is 0.885 bits per heavy atom. The number of aromatic amines is 1. The number of aromatic nitrogens is 2. The Bertz CT molecular complexity index is 2490. The topological polar surface area (TPSA) is 198 Å². The standard InChI is InChI=1S/C44H50FN7O9/c1-23(2)37(49-43(56)58-3)41(54)51-13-5-7-33(51)31-18-26(21-46-31)27-20-36-29(19-30(27)45)39(53)28-17-25(9-10-35(28)61-36)32-22-47-40(48-32)34-8-6-14-52(34)42(55)38(50-44(57)59-4)24-11-15-60-16-12-24/h9-10,17,19-24,33-34,37-38H,5-8,11-16,18H2,1-4H3,(H,47,48)(H,49,56)(H,50,57)/t33-,34-,37-,38-/m0/s1. The zero-order valence-electron chi connectivity index (χ0n) is 34.6. The highest BCUT2D eigenvalue weighted by Crippen LogP contribution is 2.36. The number of nitrogens with zero attached hydrogens (tertiary/aromatic N) is 4. The molecule has 2 aromatic carbocycles. The van der Waals surface area contributed by atoms with Gasteiger partial charge in [0.2, 0.25) is 17.2 Å². The molecule has 3 fully saturated rings. The van der Waals surface area contributed by atoms with E-state index in [-0.39, 0.29) is 57.7 Å². The predicted octanol–water partition coefficient (Wildman–Crippen LogP) is 5.85. The van der Waals surface area contributed by atoms with Crippen molar-refractivity contribution in [2.75, 3.05) is 40.5 Å². The molecule has 0 radical (unpaired) electrons. The molecule has 0 saturated carbocycles. The lowest BCUT2D eigenvalue weighted by Crippen LogP contribution is -2.53. The summed E-state index contributed by atoms with van der Waals surface area (Å²) in [4.78, 5) is 82.0. The molecule has 17 heteroatoms. The number of alkyl carbamates (subject to hydrolysis) is 2. The van der Waals surface area contributed by atoms with Crippen LogP contribution >= 0.6 is 0 Å². The molecule has 61 heavy (non-hydrogen) atoms. The predicted molar refractivity (Wildman–Crippen MR) is 223 cm³/mol. The smallest absolute Gasteiger partial charge is 0.407 e. The Labute approximate surface area is 350 Å². The van der Waals surface area contributed by atoms with Crippen molar-refractivity contribution in [3.63, 3.8) is 0 Å². The number of aliphatic imine (C=N–C) groups is 1. The van der Waals surface area contributed by atoms with Gasteiger partial charge in [0.25, 0.3) is 0 Å². The highest BCUT2D eigenvalue weighted by atomic mass is 19.1. The number of carbonyl (C=O) groups is 4. The second-order valence-electron chi connectivity index (χ2n) is 16.4. The third-order valence-corrected chi connectivity index (χ3v) is 12.4. The molecule has 0 unspecified atom stereocenters. The van der Waals surface area contributed by atoms with Gasteiger partial charge in [0.15, 0.2) is 0 Å². The minimum atomic E-state index is -0.772. The fraction of sp³-hybridized carbons (Fsp3) is 0.477. The van der Waals surface area contributed by atoms with Gasteiger partial charge in [-0.3, -0.25) is 19.4 Å². The van der Waals surface area contributed by atoms with Crippen molar-refractivity contribution in [1.29, 1.82) is 0 Å². The van der Waals surface area contributed by atoms with Crippen molar-refractivity contribution in [2.24, 2.45) is 16.8 Å². The minimum Gasteiger partial charge on any atom is -0.456 e. The first-order valence-electron chi connectivity index (χ1n) is 20.8. The maximum atomic E-state index is 16.0. The van der Waals surface area contributed by atoms with E-state index >= 15 is 4.39 Å². The third-order valence-electron chi connectivity index (χ3n) is 12.4. The first-order valence-corrected chi connectivity index (χ1v) is 20.8. The van der Waals surface area contributed by atoms with Crippen LogP contribution in [0.1, 0.15) is 76.2 Å². The van der Waals surface area contributed by atoms with Gasteiger partial charge in [0.1, 0.15) is 34.9 Å². The minimum absolute atomic E-state index is 0.0843. The van der Waals surface area contributed by atoms with E-state index in [0.29, 0.717) is 86.6 Å².